The van der Waals surface area contributed by atoms with E-state index < -0.39 is 0 Å². The lowest BCUT2D eigenvalue weighted by Crippen LogP contribution is -2.00. The van der Waals surface area contributed by atoms with E-state index in [9.17, 15) is 0 Å². The molecule has 4 heteroatoms. The molecule has 2 heterocycles. The maximum absolute atomic E-state index is 6.82. The fourth-order valence-corrected chi connectivity index (χ4v) is 7.46. The van der Waals surface area contributed by atoms with Gasteiger partial charge in [0.15, 0.2) is 17.5 Å². The van der Waals surface area contributed by atoms with Crippen LogP contribution in [0.5, 0.6) is 0 Å². The van der Waals surface area contributed by atoms with Gasteiger partial charge in [-0.25, -0.2) is 15.0 Å². The third kappa shape index (κ3) is 5.71. The first-order valence-electron chi connectivity index (χ1n) is 18.2. The first-order valence-corrected chi connectivity index (χ1v) is 18.2. The van der Waals surface area contributed by atoms with Crippen LogP contribution in [0.2, 0.25) is 0 Å². The predicted octanol–water partition coefficient (Wildman–Crippen LogP) is 13.2. The minimum absolute atomic E-state index is 0.587. The van der Waals surface area contributed by atoms with E-state index in [4.69, 9.17) is 19.4 Å². The number of hydrogen-bond donors (Lipinski definition) is 0. The SMILES string of the molecule is Cc1cccc(-c2cccc(-c3nc(-c4ccccc4)nc(-c4ccc5c(c4)oc4c6ccccc6cc(-c6ccc(-c7ccccc7)cc6)c54)n3)c2)c1. The molecule has 0 aliphatic carbocycles. The van der Waals surface area contributed by atoms with E-state index in [1.807, 2.05) is 36.4 Å². The summed E-state index contributed by atoms with van der Waals surface area (Å²) >= 11 is 0. The van der Waals surface area contributed by atoms with Crippen LogP contribution in [0.15, 0.2) is 186 Å². The van der Waals surface area contributed by atoms with Crippen LogP contribution in [0.4, 0.5) is 0 Å². The molecule has 8 aromatic carbocycles. The average Bonchev–Trinajstić information content (AvgIpc) is 3.63. The van der Waals surface area contributed by atoms with Crippen molar-refractivity contribution >= 4 is 32.7 Å². The van der Waals surface area contributed by atoms with Gasteiger partial charge in [0.2, 0.25) is 0 Å². The Hall–Kier alpha value is -7.17. The molecule has 0 saturated heterocycles. The molecule has 10 rings (SSSR count). The molecule has 0 aliphatic rings. The van der Waals surface area contributed by atoms with Crippen molar-refractivity contribution in [3.05, 3.63) is 188 Å². The summed E-state index contributed by atoms with van der Waals surface area (Å²) in [6, 6.07) is 63.4. The van der Waals surface area contributed by atoms with E-state index in [2.05, 4.69) is 153 Å². The number of aromatic nitrogens is 3. The van der Waals surface area contributed by atoms with Gasteiger partial charge in [-0.2, -0.15) is 0 Å². The lowest BCUT2D eigenvalue weighted by Gasteiger charge is -2.10. The second-order valence-corrected chi connectivity index (χ2v) is 13.7. The van der Waals surface area contributed by atoms with Crippen LogP contribution in [-0.2, 0) is 0 Å². The highest BCUT2D eigenvalue weighted by atomic mass is 16.3. The number of aryl methyl sites for hydroxylation is 1. The Labute approximate surface area is 313 Å². The zero-order chi connectivity index (χ0) is 36.0. The van der Waals surface area contributed by atoms with Crippen molar-refractivity contribution in [2.75, 3.05) is 0 Å². The van der Waals surface area contributed by atoms with Crippen molar-refractivity contribution in [3.63, 3.8) is 0 Å². The third-order valence-electron chi connectivity index (χ3n) is 10.2. The molecule has 0 fully saturated rings. The zero-order valence-corrected chi connectivity index (χ0v) is 29.6. The number of furan rings is 1. The maximum Gasteiger partial charge on any atom is 0.164 e. The van der Waals surface area contributed by atoms with Gasteiger partial charge in [-0.15, -0.1) is 0 Å². The topological polar surface area (TPSA) is 51.8 Å². The smallest absolute Gasteiger partial charge is 0.164 e. The lowest BCUT2D eigenvalue weighted by atomic mass is 9.94. The molecular weight excluding hydrogens is 659 g/mol. The van der Waals surface area contributed by atoms with Crippen LogP contribution < -0.4 is 0 Å². The Morgan fingerprint density at radius 2 is 0.907 bits per heavy atom. The fourth-order valence-electron chi connectivity index (χ4n) is 7.46. The molecule has 0 N–H and O–H groups in total. The van der Waals surface area contributed by atoms with Gasteiger partial charge in [0.05, 0.1) is 0 Å². The Kier molecular flexibility index (Phi) is 7.66. The molecule has 0 spiro atoms. The largest absolute Gasteiger partial charge is 0.455 e. The van der Waals surface area contributed by atoms with Gasteiger partial charge in [-0.05, 0) is 70.0 Å². The second kappa shape index (κ2) is 13.1. The molecule has 0 aliphatic heterocycles. The summed E-state index contributed by atoms with van der Waals surface area (Å²) in [5.41, 5.74) is 12.5. The number of nitrogens with zero attached hydrogens (tertiary/aromatic N) is 3. The first-order chi connectivity index (χ1) is 26.6. The summed E-state index contributed by atoms with van der Waals surface area (Å²) in [5.74, 6) is 1.82. The van der Waals surface area contributed by atoms with Crippen molar-refractivity contribution in [3.8, 4) is 67.5 Å². The third-order valence-corrected chi connectivity index (χ3v) is 10.2. The van der Waals surface area contributed by atoms with Crippen molar-refractivity contribution < 1.29 is 4.42 Å². The Bertz CT molecular complexity index is 2990. The predicted molar refractivity (Wildman–Crippen MR) is 222 cm³/mol. The van der Waals surface area contributed by atoms with Crippen LogP contribution in [0.3, 0.4) is 0 Å². The number of hydrogen-bond acceptors (Lipinski definition) is 4. The molecule has 54 heavy (non-hydrogen) atoms. The Balaban J connectivity index is 1.13. The monoisotopic (exact) mass is 691 g/mol. The van der Waals surface area contributed by atoms with Gasteiger partial charge in [0.25, 0.3) is 0 Å². The van der Waals surface area contributed by atoms with E-state index in [0.717, 1.165) is 71.7 Å². The molecular formula is C50H33N3O. The quantitative estimate of drug-likeness (QED) is 0.174. The summed E-state index contributed by atoms with van der Waals surface area (Å²) < 4.78 is 6.82. The molecule has 0 saturated carbocycles. The summed E-state index contributed by atoms with van der Waals surface area (Å²) in [4.78, 5) is 15.1. The number of rotatable bonds is 6. The maximum atomic E-state index is 6.82. The highest BCUT2D eigenvalue weighted by Gasteiger charge is 2.19. The van der Waals surface area contributed by atoms with Crippen LogP contribution in [-0.4, -0.2) is 15.0 Å². The minimum atomic E-state index is 0.587. The van der Waals surface area contributed by atoms with E-state index >= 15 is 0 Å². The standard InChI is InChI=1S/C50H33N3O/c1-32-12-10-18-37(28-32)38-19-11-20-40(29-38)49-51-48(36-15-6-3-7-16-36)52-50(53-49)41-26-27-43-45(31-41)54-47-42-21-9-8-17-39(42)30-44(46(43)47)35-24-22-34(23-25-35)33-13-4-2-5-14-33/h2-31H,1H3. The number of benzene rings is 8. The fraction of sp³-hybridized carbons (Fsp3) is 0.0200. The van der Waals surface area contributed by atoms with Gasteiger partial charge in [0, 0.05) is 32.8 Å². The molecule has 254 valence electrons. The van der Waals surface area contributed by atoms with E-state index in [0.29, 0.717) is 17.5 Å². The van der Waals surface area contributed by atoms with Crippen molar-refractivity contribution in [1.82, 2.24) is 15.0 Å². The molecule has 2 aromatic heterocycles. The second-order valence-electron chi connectivity index (χ2n) is 13.7. The molecule has 0 bridgehead atoms. The van der Waals surface area contributed by atoms with E-state index in [1.54, 1.807) is 0 Å². The van der Waals surface area contributed by atoms with Crippen molar-refractivity contribution in [2.45, 2.75) is 6.92 Å². The highest BCUT2D eigenvalue weighted by Crippen LogP contribution is 2.42. The highest BCUT2D eigenvalue weighted by molar-refractivity contribution is 6.21. The van der Waals surface area contributed by atoms with Crippen molar-refractivity contribution in [2.24, 2.45) is 0 Å². The first kappa shape index (κ1) is 31.6. The van der Waals surface area contributed by atoms with Crippen LogP contribution in [0.1, 0.15) is 5.56 Å². The van der Waals surface area contributed by atoms with Crippen molar-refractivity contribution in [1.29, 1.82) is 0 Å². The molecule has 4 nitrogen and oxygen atoms in total. The normalized spacial score (nSPS) is 11.4. The molecule has 0 radical (unpaired) electrons. The van der Waals surface area contributed by atoms with Gasteiger partial charge >= 0.3 is 0 Å². The van der Waals surface area contributed by atoms with E-state index in [-0.39, 0.29) is 0 Å². The average molecular weight is 692 g/mol. The molecule has 0 amide bonds. The minimum Gasteiger partial charge on any atom is -0.455 e. The van der Waals surface area contributed by atoms with Crippen LogP contribution in [0.25, 0.3) is 100 Å². The summed E-state index contributed by atoms with van der Waals surface area (Å²) in [6.45, 7) is 2.11. The van der Waals surface area contributed by atoms with Crippen LogP contribution in [0, 0.1) is 6.92 Å². The summed E-state index contributed by atoms with van der Waals surface area (Å²) in [6.07, 6.45) is 0. The van der Waals surface area contributed by atoms with Gasteiger partial charge < -0.3 is 4.42 Å². The molecule has 0 atom stereocenters. The summed E-state index contributed by atoms with van der Waals surface area (Å²) in [7, 11) is 0. The summed E-state index contributed by atoms with van der Waals surface area (Å²) in [5, 5.41) is 4.35. The zero-order valence-electron chi connectivity index (χ0n) is 29.6. The number of fused-ring (bicyclic) bond motifs is 5. The lowest BCUT2D eigenvalue weighted by molar-refractivity contribution is 0.673. The van der Waals surface area contributed by atoms with Gasteiger partial charge in [-0.1, -0.05) is 163 Å². The van der Waals surface area contributed by atoms with Crippen LogP contribution >= 0.6 is 0 Å². The Morgan fingerprint density at radius 1 is 0.370 bits per heavy atom. The van der Waals surface area contributed by atoms with Gasteiger partial charge in [0.1, 0.15) is 11.2 Å². The van der Waals surface area contributed by atoms with E-state index in [1.165, 1.54) is 16.7 Å². The Morgan fingerprint density at radius 3 is 1.65 bits per heavy atom. The molecule has 0 unspecified atom stereocenters. The van der Waals surface area contributed by atoms with Gasteiger partial charge in [-0.3, -0.25) is 0 Å². The molecule has 10 aromatic rings.